The van der Waals surface area contributed by atoms with Crippen molar-refractivity contribution in [1.82, 2.24) is 25.1 Å². The van der Waals surface area contributed by atoms with Crippen LogP contribution in [0.4, 0.5) is 0 Å². The molecule has 150 valence electrons. The Hall–Kier alpha value is -2.84. The second-order valence-electron chi connectivity index (χ2n) is 5.96. The zero-order valence-electron chi connectivity index (χ0n) is 15.8. The van der Waals surface area contributed by atoms with Gasteiger partial charge in [0, 0.05) is 35.6 Å². The fraction of sp³-hybridized carbons (Fsp3) is 0.200. The highest BCUT2D eigenvalue weighted by atomic mass is 35.5. The quantitative estimate of drug-likeness (QED) is 0.524. The highest BCUT2D eigenvalue weighted by Gasteiger charge is 2.15. The summed E-state index contributed by atoms with van der Waals surface area (Å²) >= 11 is 7.35. The van der Waals surface area contributed by atoms with Crippen LogP contribution < -0.4 is 10.1 Å². The van der Waals surface area contributed by atoms with Crippen LogP contribution in [0.25, 0.3) is 5.69 Å². The van der Waals surface area contributed by atoms with Crippen molar-refractivity contribution in [2.75, 3.05) is 19.4 Å². The van der Waals surface area contributed by atoms with Gasteiger partial charge in [0.2, 0.25) is 0 Å². The number of carbonyl (C=O) groups excluding carboxylic acids is 1. The van der Waals surface area contributed by atoms with Crippen LogP contribution in [-0.4, -0.2) is 45.1 Å². The Kier molecular flexibility index (Phi) is 7.26. The van der Waals surface area contributed by atoms with Crippen molar-refractivity contribution in [3.05, 3.63) is 71.8 Å². The Morgan fingerprint density at radius 1 is 1.24 bits per heavy atom. The molecule has 1 aromatic carbocycles. The molecule has 1 amide bonds. The third-order valence-corrected chi connectivity index (χ3v) is 5.23. The van der Waals surface area contributed by atoms with E-state index in [2.05, 4.69) is 27.1 Å². The predicted octanol–water partition coefficient (Wildman–Crippen LogP) is 3.49. The molecule has 29 heavy (non-hydrogen) atoms. The van der Waals surface area contributed by atoms with Crippen LogP contribution >= 0.6 is 23.4 Å². The predicted molar refractivity (Wildman–Crippen MR) is 114 cm³/mol. The molecule has 0 fully saturated rings. The van der Waals surface area contributed by atoms with Crippen molar-refractivity contribution in [2.45, 2.75) is 11.6 Å². The number of methoxy groups -OCH3 is 1. The number of benzene rings is 1. The topological polar surface area (TPSA) is 81.9 Å². The van der Waals surface area contributed by atoms with Gasteiger partial charge in [0.15, 0.2) is 5.16 Å². The van der Waals surface area contributed by atoms with Crippen molar-refractivity contribution < 1.29 is 9.53 Å². The number of amides is 1. The molecule has 0 saturated heterocycles. The Morgan fingerprint density at radius 2 is 2.03 bits per heavy atom. The summed E-state index contributed by atoms with van der Waals surface area (Å²) in [4.78, 5) is 16.2. The smallest absolute Gasteiger partial charge is 0.269 e. The lowest BCUT2D eigenvalue weighted by Crippen LogP contribution is -2.27. The molecule has 0 unspecified atom stereocenters. The monoisotopic (exact) mass is 429 g/mol. The minimum atomic E-state index is -0.228. The van der Waals surface area contributed by atoms with Crippen LogP contribution in [0.1, 0.15) is 16.3 Å². The van der Waals surface area contributed by atoms with Crippen molar-refractivity contribution in [3.8, 4) is 11.4 Å². The van der Waals surface area contributed by atoms with Gasteiger partial charge in [-0.3, -0.25) is 14.3 Å². The summed E-state index contributed by atoms with van der Waals surface area (Å²) in [5.74, 6) is 1.77. The van der Waals surface area contributed by atoms with E-state index in [-0.39, 0.29) is 5.91 Å². The average molecular weight is 430 g/mol. The summed E-state index contributed by atoms with van der Waals surface area (Å²) in [6, 6.07) is 12.8. The summed E-state index contributed by atoms with van der Waals surface area (Å²) in [6.07, 6.45) is 2.09. The van der Waals surface area contributed by atoms with Gasteiger partial charge in [-0.1, -0.05) is 36.0 Å². The number of halogens is 1. The number of hydrogen-bond acceptors (Lipinski definition) is 6. The van der Waals surface area contributed by atoms with Gasteiger partial charge in [-0.25, -0.2) is 0 Å². The fourth-order valence-corrected chi connectivity index (χ4v) is 3.45. The maximum absolute atomic E-state index is 12.2. The van der Waals surface area contributed by atoms with Gasteiger partial charge in [-0.15, -0.1) is 10.2 Å². The average Bonchev–Trinajstić information content (AvgIpc) is 3.15. The number of nitrogens with one attached hydrogen (secondary N) is 1. The molecule has 3 rings (SSSR count). The maximum Gasteiger partial charge on any atom is 0.269 e. The van der Waals surface area contributed by atoms with Gasteiger partial charge < -0.3 is 10.1 Å². The number of nitrogens with zero attached hydrogens (tertiary/aromatic N) is 4. The van der Waals surface area contributed by atoms with Gasteiger partial charge in [-0.2, -0.15) is 0 Å². The number of aromatic nitrogens is 4. The number of hydrogen-bond donors (Lipinski definition) is 1. The van der Waals surface area contributed by atoms with Crippen molar-refractivity contribution in [3.63, 3.8) is 0 Å². The second-order valence-corrected chi connectivity index (χ2v) is 7.44. The maximum atomic E-state index is 12.2. The second kappa shape index (κ2) is 10.1. The van der Waals surface area contributed by atoms with Crippen molar-refractivity contribution >= 4 is 29.3 Å². The van der Waals surface area contributed by atoms with E-state index in [0.717, 1.165) is 17.3 Å². The van der Waals surface area contributed by atoms with Crippen LogP contribution in [0.5, 0.6) is 5.75 Å². The molecule has 0 saturated carbocycles. The van der Waals surface area contributed by atoms with E-state index >= 15 is 0 Å². The van der Waals surface area contributed by atoms with Crippen molar-refractivity contribution in [1.29, 1.82) is 0 Å². The minimum absolute atomic E-state index is 0.228. The third kappa shape index (κ3) is 5.58. The summed E-state index contributed by atoms with van der Waals surface area (Å²) in [5, 5.41) is 12.7. The van der Waals surface area contributed by atoms with Crippen molar-refractivity contribution in [2.24, 2.45) is 0 Å². The molecule has 0 spiro atoms. The standard InChI is InChI=1S/C20H20ClN5O2S/c1-14(21)13-29-20-25-24-18(26(20)15-6-8-16(28-2)9-7-15)10-12-23-19(27)17-5-3-4-11-22-17/h3-9,11H,1,10,12-13H2,2H3,(H,23,27). The molecule has 3 aromatic rings. The van der Waals surface area contributed by atoms with Gasteiger partial charge in [-0.05, 0) is 36.4 Å². The zero-order chi connectivity index (χ0) is 20.6. The van der Waals surface area contributed by atoms with Gasteiger partial charge >= 0.3 is 0 Å². The molecular weight excluding hydrogens is 410 g/mol. The van der Waals surface area contributed by atoms with Crippen LogP contribution in [0.2, 0.25) is 0 Å². The Bertz CT molecular complexity index is 976. The van der Waals surface area contributed by atoms with Gasteiger partial charge in [0.1, 0.15) is 17.3 Å². The molecule has 0 atom stereocenters. The van der Waals surface area contributed by atoms with E-state index in [1.807, 2.05) is 28.8 Å². The highest BCUT2D eigenvalue weighted by molar-refractivity contribution is 7.99. The molecule has 1 N–H and O–H groups in total. The van der Waals surface area contributed by atoms with Crippen LogP contribution in [0, 0.1) is 0 Å². The first-order valence-corrected chi connectivity index (χ1v) is 10.2. The van der Waals surface area contributed by atoms with E-state index in [9.17, 15) is 4.79 Å². The third-order valence-electron chi connectivity index (χ3n) is 3.92. The number of carbonyl (C=O) groups is 1. The molecule has 0 bridgehead atoms. The van der Waals surface area contributed by atoms with Crippen LogP contribution in [0.3, 0.4) is 0 Å². The number of thioether (sulfide) groups is 1. The molecule has 2 heterocycles. The fourth-order valence-electron chi connectivity index (χ4n) is 2.56. The molecule has 9 heteroatoms. The lowest BCUT2D eigenvalue weighted by Gasteiger charge is -2.11. The lowest BCUT2D eigenvalue weighted by molar-refractivity contribution is 0.0949. The normalized spacial score (nSPS) is 10.6. The summed E-state index contributed by atoms with van der Waals surface area (Å²) in [5.41, 5.74) is 1.27. The Balaban J connectivity index is 1.76. The molecule has 0 aliphatic rings. The molecule has 0 aliphatic heterocycles. The Labute approximate surface area is 178 Å². The first-order chi connectivity index (χ1) is 14.1. The molecule has 0 radical (unpaired) electrons. The summed E-state index contributed by atoms with van der Waals surface area (Å²) in [7, 11) is 1.62. The number of rotatable bonds is 9. The molecule has 0 aliphatic carbocycles. The van der Waals surface area contributed by atoms with E-state index in [1.165, 1.54) is 11.8 Å². The van der Waals surface area contributed by atoms with Gasteiger partial charge in [0.05, 0.1) is 7.11 Å². The number of pyridine rings is 1. The SMILES string of the molecule is C=C(Cl)CSc1nnc(CCNC(=O)c2ccccn2)n1-c1ccc(OC)cc1. The molecule has 7 nitrogen and oxygen atoms in total. The lowest BCUT2D eigenvalue weighted by atomic mass is 10.3. The first-order valence-electron chi connectivity index (χ1n) is 8.82. The van der Waals surface area contributed by atoms with Gasteiger partial charge in [0.25, 0.3) is 5.91 Å². The Morgan fingerprint density at radius 3 is 2.69 bits per heavy atom. The van der Waals surface area contributed by atoms with Crippen LogP contribution in [-0.2, 0) is 6.42 Å². The van der Waals surface area contributed by atoms with E-state index in [4.69, 9.17) is 16.3 Å². The molecule has 2 aromatic heterocycles. The largest absolute Gasteiger partial charge is 0.497 e. The minimum Gasteiger partial charge on any atom is -0.497 e. The number of ether oxygens (including phenoxy) is 1. The van der Waals surface area contributed by atoms with E-state index < -0.39 is 0 Å². The van der Waals surface area contributed by atoms with Crippen LogP contribution in [0.15, 0.2) is 65.4 Å². The molecular formula is C20H20ClN5O2S. The van der Waals surface area contributed by atoms with E-state index in [1.54, 1.807) is 31.5 Å². The summed E-state index contributed by atoms with van der Waals surface area (Å²) in [6.45, 7) is 4.12. The first kappa shape index (κ1) is 20.9. The van der Waals surface area contributed by atoms with E-state index in [0.29, 0.717) is 34.6 Å². The highest BCUT2D eigenvalue weighted by Crippen LogP contribution is 2.25. The zero-order valence-corrected chi connectivity index (χ0v) is 17.4. The summed E-state index contributed by atoms with van der Waals surface area (Å²) < 4.78 is 7.17.